The summed E-state index contributed by atoms with van der Waals surface area (Å²) in [6.45, 7) is 0.976. The third kappa shape index (κ3) is 4.43. The van der Waals surface area contributed by atoms with Crippen molar-refractivity contribution in [3.63, 3.8) is 0 Å². The van der Waals surface area contributed by atoms with Gasteiger partial charge < -0.3 is 16.5 Å². The van der Waals surface area contributed by atoms with E-state index >= 15 is 0 Å². The van der Waals surface area contributed by atoms with Crippen LogP contribution >= 0.6 is 0 Å². The van der Waals surface area contributed by atoms with Crippen molar-refractivity contribution < 1.29 is 9.18 Å². The molecule has 0 bridgehead atoms. The maximum Gasteiger partial charge on any atom is 0.251 e. The number of fused-ring (bicyclic) bond motifs is 1. The fourth-order valence-corrected chi connectivity index (χ4v) is 4.41. The Balaban J connectivity index is 1.35. The fraction of sp³-hybridized carbons (Fsp3) is 0.107. The standard InChI is InChI=1S/C28H23FN8O/c29-20-4-1-3-18(13-20)28(38)32-14-17-6-8-21(9-7-17)37-26(22-5-2-12-31-25(22)30)36-24-11-10-23(35-27(24)37)19-15-33-34-16-19/h1-13,15,19,34H,14,16H2,(H2,30,31)(H,32,38). The number of hydrogen-bond acceptors (Lipinski definition) is 7. The van der Waals surface area contributed by atoms with Crippen LogP contribution in [0.3, 0.4) is 0 Å². The Hall–Kier alpha value is -5.12. The summed E-state index contributed by atoms with van der Waals surface area (Å²) < 4.78 is 15.4. The number of nitrogens with one attached hydrogen (secondary N) is 2. The number of nitrogens with two attached hydrogens (primary N) is 1. The minimum atomic E-state index is -0.451. The van der Waals surface area contributed by atoms with Crippen LogP contribution in [0.4, 0.5) is 10.2 Å². The lowest BCUT2D eigenvalue weighted by Crippen LogP contribution is -2.22. The van der Waals surface area contributed by atoms with Crippen molar-refractivity contribution in [3.05, 3.63) is 102 Å². The van der Waals surface area contributed by atoms with Gasteiger partial charge in [-0.15, -0.1) is 0 Å². The summed E-state index contributed by atoms with van der Waals surface area (Å²) in [6.07, 6.45) is 3.49. The number of benzene rings is 2. The number of hydrogen-bond donors (Lipinski definition) is 3. The number of hydrazone groups is 1. The molecule has 188 valence electrons. The highest BCUT2D eigenvalue weighted by atomic mass is 19.1. The minimum Gasteiger partial charge on any atom is -0.383 e. The third-order valence-electron chi connectivity index (χ3n) is 6.38. The zero-order chi connectivity index (χ0) is 26.1. The Morgan fingerprint density at radius 2 is 1.95 bits per heavy atom. The summed E-state index contributed by atoms with van der Waals surface area (Å²) in [5, 5.41) is 6.95. The first-order valence-electron chi connectivity index (χ1n) is 12.1. The van der Waals surface area contributed by atoms with Gasteiger partial charge in [0.15, 0.2) is 11.5 Å². The number of nitrogens with zero attached hydrogens (tertiary/aromatic N) is 5. The van der Waals surface area contributed by atoms with Gasteiger partial charge in [-0.2, -0.15) is 5.10 Å². The smallest absolute Gasteiger partial charge is 0.251 e. The lowest BCUT2D eigenvalue weighted by atomic mass is 10.1. The zero-order valence-corrected chi connectivity index (χ0v) is 20.2. The summed E-state index contributed by atoms with van der Waals surface area (Å²) in [5.41, 5.74) is 14.2. The summed E-state index contributed by atoms with van der Waals surface area (Å²) in [4.78, 5) is 26.5. The van der Waals surface area contributed by atoms with E-state index in [9.17, 15) is 9.18 Å². The molecule has 2 aromatic carbocycles. The number of nitrogen functional groups attached to an aromatic ring is 1. The van der Waals surface area contributed by atoms with Crippen LogP contribution in [0.25, 0.3) is 28.2 Å². The van der Waals surface area contributed by atoms with Gasteiger partial charge in [-0.1, -0.05) is 18.2 Å². The van der Waals surface area contributed by atoms with Crippen molar-refractivity contribution in [1.82, 2.24) is 30.3 Å². The van der Waals surface area contributed by atoms with Gasteiger partial charge in [0.25, 0.3) is 5.91 Å². The topological polar surface area (TPSA) is 123 Å². The molecule has 1 aliphatic heterocycles. The second kappa shape index (κ2) is 9.74. The van der Waals surface area contributed by atoms with E-state index in [4.69, 9.17) is 15.7 Å². The van der Waals surface area contributed by atoms with E-state index in [1.807, 2.05) is 59.3 Å². The predicted molar refractivity (Wildman–Crippen MR) is 143 cm³/mol. The van der Waals surface area contributed by atoms with Crippen molar-refractivity contribution in [2.75, 3.05) is 12.3 Å². The largest absolute Gasteiger partial charge is 0.383 e. The van der Waals surface area contributed by atoms with Crippen LogP contribution in [-0.4, -0.2) is 38.2 Å². The normalized spacial score (nSPS) is 14.5. The molecule has 3 aromatic heterocycles. The Kier molecular flexibility index (Phi) is 5.97. The first kappa shape index (κ1) is 23.3. The molecule has 6 rings (SSSR count). The number of rotatable bonds is 6. The van der Waals surface area contributed by atoms with E-state index in [1.54, 1.807) is 12.3 Å². The van der Waals surface area contributed by atoms with Crippen LogP contribution in [0.1, 0.15) is 27.5 Å². The minimum absolute atomic E-state index is 0.0683. The molecule has 1 atom stereocenters. The molecule has 1 amide bonds. The maximum absolute atomic E-state index is 13.5. The molecule has 4 heterocycles. The van der Waals surface area contributed by atoms with Gasteiger partial charge in [0.2, 0.25) is 0 Å². The first-order valence-corrected chi connectivity index (χ1v) is 12.1. The summed E-state index contributed by atoms with van der Waals surface area (Å²) in [5.74, 6) is 0.269. The van der Waals surface area contributed by atoms with Gasteiger partial charge in [-0.25, -0.2) is 19.3 Å². The molecule has 1 unspecified atom stereocenters. The molecule has 10 heteroatoms. The molecule has 0 saturated carbocycles. The van der Waals surface area contributed by atoms with E-state index < -0.39 is 5.82 Å². The van der Waals surface area contributed by atoms with E-state index in [0.29, 0.717) is 35.9 Å². The molecule has 0 aliphatic carbocycles. The van der Waals surface area contributed by atoms with Gasteiger partial charge in [0, 0.05) is 36.8 Å². The molecule has 4 N–H and O–H groups in total. The van der Waals surface area contributed by atoms with Crippen LogP contribution in [0.15, 0.2) is 84.1 Å². The molecule has 0 spiro atoms. The SMILES string of the molecule is Nc1ncccc1-c1nc2ccc(C3C=NNC3)nc2n1-c1ccc(CNC(=O)c2cccc(F)c2)cc1. The van der Waals surface area contributed by atoms with Crippen LogP contribution in [0.5, 0.6) is 0 Å². The van der Waals surface area contributed by atoms with Crippen molar-refractivity contribution in [2.45, 2.75) is 12.5 Å². The molecule has 1 aliphatic rings. The van der Waals surface area contributed by atoms with Gasteiger partial charge in [-0.3, -0.25) is 9.36 Å². The van der Waals surface area contributed by atoms with Gasteiger partial charge >= 0.3 is 0 Å². The average molecular weight is 507 g/mol. The Morgan fingerprint density at radius 1 is 1.08 bits per heavy atom. The van der Waals surface area contributed by atoms with Crippen molar-refractivity contribution in [1.29, 1.82) is 0 Å². The molecule has 0 radical (unpaired) electrons. The van der Waals surface area contributed by atoms with Crippen molar-refractivity contribution in [2.24, 2.45) is 5.10 Å². The number of imidazole rings is 1. The quantitative estimate of drug-likeness (QED) is 0.322. The average Bonchev–Trinajstić information content (AvgIpc) is 3.60. The van der Waals surface area contributed by atoms with E-state index in [1.165, 1.54) is 18.2 Å². The van der Waals surface area contributed by atoms with Crippen molar-refractivity contribution in [3.8, 4) is 17.1 Å². The molecule has 9 nitrogen and oxygen atoms in total. The Labute approximate surface area is 217 Å². The Morgan fingerprint density at radius 3 is 2.71 bits per heavy atom. The molecule has 5 aromatic rings. The summed E-state index contributed by atoms with van der Waals surface area (Å²) in [6, 6.07) is 20.9. The second-order valence-corrected chi connectivity index (χ2v) is 8.89. The number of aromatic nitrogens is 4. The number of amides is 1. The van der Waals surface area contributed by atoms with E-state index in [0.717, 1.165) is 22.5 Å². The van der Waals surface area contributed by atoms with Crippen molar-refractivity contribution >= 4 is 29.1 Å². The number of pyridine rings is 2. The number of carbonyl (C=O) groups excluding carboxylic acids is 1. The molecule has 38 heavy (non-hydrogen) atoms. The summed E-state index contributed by atoms with van der Waals surface area (Å²) >= 11 is 0. The number of carbonyl (C=O) groups is 1. The van der Waals surface area contributed by atoms with Crippen LogP contribution in [0, 0.1) is 5.82 Å². The lowest BCUT2D eigenvalue weighted by molar-refractivity contribution is 0.0950. The number of halogens is 1. The highest BCUT2D eigenvalue weighted by Gasteiger charge is 2.21. The highest BCUT2D eigenvalue weighted by molar-refractivity contribution is 5.94. The van der Waals surface area contributed by atoms with E-state index in [-0.39, 0.29) is 17.4 Å². The molecule has 0 saturated heterocycles. The third-order valence-corrected chi connectivity index (χ3v) is 6.38. The highest BCUT2D eigenvalue weighted by Crippen LogP contribution is 2.31. The fourth-order valence-electron chi connectivity index (χ4n) is 4.41. The zero-order valence-electron chi connectivity index (χ0n) is 20.2. The first-order chi connectivity index (χ1) is 18.6. The summed E-state index contributed by atoms with van der Waals surface area (Å²) in [7, 11) is 0. The maximum atomic E-state index is 13.5. The van der Waals surface area contributed by atoms with Crippen LogP contribution < -0.4 is 16.5 Å². The predicted octanol–water partition coefficient (Wildman–Crippen LogP) is 3.81. The lowest BCUT2D eigenvalue weighted by Gasteiger charge is -2.12. The monoisotopic (exact) mass is 506 g/mol. The van der Waals surface area contributed by atoms with Gasteiger partial charge in [-0.05, 0) is 60.2 Å². The van der Waals surface area contributed by atoms with Crippen LogP contribution in [-0.2, 0) is 6.54 Å². The molecular formula is C28H23FN8O. The van der Waals surface area contributed by atoms with Crippen LogP contribution in [0.2, 0.25) is 0 Å². The number of anilines is 1. The van der Waals surface area contributed by atoms with Gasteiger partial charge in [0.05, 0.1) is 17.2 Å². The van der Waals surface area contributed by atoms with E-state index in [2.05, 4.69) is 20.8 Å². The second-order valence-electron chi connectivity index (χ2n) is 8.89. The Bertz CT molecular complexity index is 1680. The molecular weight excluding hydrogens is 483 g/mol. The molecule has 0 fully saturated rings. The van der Waals surface area contributed by atoms with Gasteiger partial charge in [0.1, 0.15) is 17.2 Å².